The summed E-state index contributed by atoms with van der Waals surface area (Å²) in [6, 6.07) is 5.07. The van der Waals surface area contributed by atoms with Crippen LogP contribution in [0.15, 0.2) is 18.2 Å². The molecule has 128 valence electrons. The van der Waals surface area contributed by atoms with E-state index in [1.54, 1.807) is 0 Å². The SMILES string of the molecule is Cc1ccc([C@@H](CC(F)(F)F)N2CCNCC2)cc1C.Cl.Cl. The standard InChI is InChI=1S/C15H21F3N2.2ClH/c1-11-3-4-13(9-12(11)2)14(10-15(16,17)18)20-7-5-19-6-8-20;;/h3-4,9,14,19H,5-8,10H2,1-2H3;2*1H/t14-;;/m1../s1. The zero-order valence-electron chi connectivity index (χ0n) is 12.7. The van der Waals surface area contributed by atoms with Crippen molar-refractivity contribution in [2.75, 3.05) is 26.2 Å². The average Bonchev–Trinajstić information content (AvgIpc) is 2.39. The Morgan fingerprint density at radius 1 is 1.09 bits per heavy atom. The van der Waals surface area contributed by atoms with Crippen LogP contribution < -0.4 is 5.32 Å². The molecule has 7 heteroatoms. The highest BCUT2D eigenvalue weighted by atomic mass is 35.5. The molecule has 0 unspecified atom stereocenters. The highest BCUT2D eigenvalue weighted by Gasteiger charge is 2.35. The minimum absolute atomic E-state index is 0. The van der Waals surface area contributed by atoms with Gasteiger partial charge in [-0.3, -0.25) is 4.90 Å². The van der Waals surface area contributed by atoms with Crippen molar-refractivity contribution in [1.82, 2.24) is 10.2 Å². The van der Waals surface area contributed by atoms with Crippen LogP contribution in [0.3, 0.4) is 0 Å². The summed E-state index contributed by atoms with van der Waals surface area (Å²) in [5.41, 5.74) is 2.93. The number of piperazine rings is 1. The Hall–Kier alpha value is -0.490. The first-order valence-corrected chi connectivity index (χ1v) is 6.95. The van der Waals surface area contributed by atoms with Gasteiger partial charge < -0.3 is 5.32 Å². The van der Waals surface area contributed by atoms with Gasteiger partial charge in [-0.05, 0) is 30.5 Å². The quantitative estimate of drug-likeness (QED) is 0.876. The summed E-state index contributed by atoms with van der Waals surface area (Å²) >= 11 is 0. The number of rotatable bonds is 3. The van der Waals surface area contributed by atoms with Crippen LogP contribution >= 0.6 is 24.8 Å². The Bertz CT molecular complexity index is 461. The molecule has 0 bridgehead atoms. The van der Waals surface area contributed by atoms with Crippen molar-refractivity contribution >= 4 is 24.8 Å². The van der Waals surface area contributed by atoms with Crippen LogP contribution in [0.4, 0.5) is 13.2 Å². The van der Waals surface area contributed by atoms with Gasteiger partial charge in [-0.15, -0.1) is 24.8 Å². The molecule has 2 nitrogen and oxygen atoms in total. The number of halogens is 5. The third-order valence-electron chi connectivity index (χ3n) is 3.93. The van der Waals surface area contributed by atoms with Crippen LogP contribution in [0.1, 0.15) is 29.2 Å². The highest BCUT2D eigenvalue weighted by Crippen LogP contribution is 2.34. The molecule has 1 atom stereocenters. The smallest absolute Gasteiger partial charge is 0.314 e. The zero-order valence-corrected chi connectivity index (χ0v) is 14.4. The van der Waals surface area contributed by atoms with Gasteiger partial charge in [0.05, 0.1) is 6.42 Å². The summed E-state index contributed by atoms with van der Waals surface area (Å²) in [4.78, 5) is 1.94. The first-order chi connectivity index (χ1) is 9.37. The van der Waals surface area contributed by atoms with Crippen LogP contribution in [0.5, 0.6) is 0 Å². The second kappa shape index (κ2) is 8.96. The molecule has 2 rings (SSSR count). The Labute approximate surface area is 142 Å². The molecule has 1 N–H and O–H groups in total. The Morgan fingerprint density at radius 2 is 1.68 bits per heavy atom. The van der Waals surface area contributed by atoms with Crippen LogP contribution in [-0.4, -0.2) is 37.3 Å². The minimum Gasteiger partial charge on any atom is -0.314 e. The molecule has 0 aromatic heterocycles. The van der Waals surface area contributed by atoms with E-state index in [0.717, 1.165) is 29.8 Å². The summed E-state index contributed by atoms with van der Waals surface area (Å²) in [5.74, 6) is 0. The summed E-state index contributed by atoms with van der Waals surface area (Å²) in [6.45, 7) is 6.74. The third kappa shape index (κ3) is 5.95. The normalized spacial score (nSPS) is 17.3. The number of hydrogen-bond donors (Lipinski definition) is 1. The summed E-state index contributed by atoms with van der Waals surface area (Å²) < 4.78 is 38.7. The monoisotopic (exact) mass is 358 g/mol. The Kier molecular flexibility index (Phi) is 8.77. The molecule has 1 aromatic rings. The van der Waals surface area contributed by atoms with Crippen molar-refractivity contribution < 1.29 is 13.2 Å². The second-order valence-electron chi connectivity index (χ2n) is 5.46. The van der Waals surface area contributed by atoms with Crippen molar-refractivity contribution in [1.29, 1.82) is 0 Å². The molecule has 1 heterocycles. The van der Waals surface area contributed by atoms with Gasteiger partial charge in [-0.1, -0.05) is 18.2 Å². The molecule has 1 aromatic carbocycles. The molecule has 0 aliphatic carbocycles. The van der Waals surface area contributed by atoms with Crippen LogP contribution in [0, 0.1) is 13.8 Å². The van der Waals surface area contributed by atoms with E-state index >= 15 is 0 Å². The predicted octanol–water partition coefficient (Wildman–Crippen LogP) is 4.05. The molecule has 22 heavy (non-hydrogen) atoms. The largest absolute Gasteiger partial charge is 0.390 e. The van der Waals surface area contributed by atoms with Crippen molar-refractivity contribution in [2.45, 2.75) is 32.5 Å². The van der Waals surface area contributed by atoms with Crippen LogP contribution in [-0.2, 0) is 0 Å². The van der Waals surface area contributed by atoms with Gasteiger partial charge in [-0.2, -0.15) is 13.2 Å². The van der Waals surface area contributed by atoms with Gasteiger partial charge in [0.25, 0.3) is 0 Å². The molecule has 0 amide bonds. The number of hydrogen-bond acceptors (Lipinski definition) is 2. The van der Waals surface area contributed by atoms with E-state index < -0.39 is 18.6 Å². The fraction of sp³-hybridized carbons (Fsp3) is 0.600. The first kappa shape index (κ1) is 21.5. The van der Waals surface area contributed by atoms with E-state index in [1.165, 1.54) is 0 Å². The number of nitrogens with zero attached hydrogens (tertiary/aromatic N) is 1. The fourth-order valence-corrected chi connectivity index (χ4v) is 2.64. The first-order valence-electron chi connectivity index (χ1n) is 6.95. The van der Waals surface area contributed by atoms with Gasteiger partial charge in [-0.25, -0.2) is 0 Å². The van der Waals surface area contributed by atoms with E-state index in [1.807, 2.05) is 36.9 Å². The summed E-state index contributed by atoms with van der Waals surface area (Å²) in [5, 5.41) is 3.18. The van der Waals surface area contributed by atoms with Gasteiger partial charge in [0.2, 0.25) is 0 Å². The predicted molar refractivity (Wildman–Crippen MR) is 88.3 cm³/mol. The minimum atomic E-state index is -4.14. The van der Waals surface area contributed by atoms with Crippen molar-refractivity contribution in [3.05, 3.63) is 34.9 Å². The number of aryl methyl sites for hydroxylation is 2. The molecule has 0 spiro atoms. The Balaban J connectivity index is 0.00000220. The van der Waals surface area contributed by atoms with E-state index in [2.05, 4.69) is 5.32 Å². The topological polar surface area (TPSA) is 15.3 Å². The highest BCUT2D eigenvalue weighted by molar-refractivity contribution is 5.85. The van der Waals surface area contributed by atoms with Gasteiger partial charge in [0, 0.05) is 32.2 Å². The van der Waals surface area contributed by atoms with Crippen LogP contribution in [0.25, 0.3) is 0 Å². The second-order valence-corrected chi connectivity index (χ2v) is 5.46. The van der Waals surface area contributed by atoms with E-state index in [9.17, 15) is 13.2 Å². The van der Waals surface area contributed by atoms with Crippen molar-refractivity contribution in [3.63, 3.8) is 0 Å². The molecule has 0 saturated carbocycles. The average molecular weight is 359 g/mol. The van der Waals surface area contributed by atoms with Gasteiger partial charge in [0.15, 0.2) is 0 Å². The lowest BCUT2D eigenvalue weighted by molar-refractivity contribution is -0.148. The maximum absolute atomic E-state index is 12.9. The number of benzene rings is 1. The summed E-state index contributed by atoms with van der Waals surface area (Å²) in [7, 11) is 0. The van der Waals surface area contributed by atoms with Gasteiger partial charge >= 0.3 is 6.18 Å². The molecule has 1 fully saturated rings. The van der Waals surface area contributed by atoms with Crippen molar-refractivity contribution in [2.24, 2.45) is 0 Å². The molecule has 1 aliphatic heterocycles. The molecular formula is C15H23Cl2F3N2. The molecule has 1 saturated heterocycles. The van der Waals surface area contributed by atoms with Gasteiger partial charge in [0.1, 0.15) is 0 Å². The Morgan fingerprint density at radius 3 is 2.18 bits per heavy atom. The fourth-order valence-electron chi connectivity index (χ4n) is 2.64. The van der Waals surface area contributed by atoms with E-state index in [-0.39, 0.29) is 24.8 Å². The van der Waals surface area contributed by atoms with E-state index in [4.69, 9.17) is 0 Å². The molecule has 1 aliphatic rings. The maximum Gasteiger partial charge on any atom is 0.390 e. The lowest BCUT2D eigenvalue weighted by Crippen LogP contribution is -2.46. The number of alkyl halides is 3. The molecule has 0 radical (unpaired) electrons. The van der Waals surface area contributed by atoms with Crippen LogP contribution in [0.2, 0.25) is 0 Å². The maximum atomic E-state index is 12.9. The summed E-state index contributed by atoms with van der Waals surface area (Å²) in [6.07, 6.45) is -4.93. The third-order valence-corrected chi connectivity index (χ3v) is 3.93. The lowest BCUT2D eigenvalue weighted by atomic mass is 9.97. The molecular weight excluding hydrogens is 336 g/mol. The van der Waals surface area contributed by atoms with E-state index in [0.29, 0.717) is 13.1 Å². The lowest BCUT2D eigenvalue weighted by Gasteiger charge is -2.36. The van der Waals surface area contributed by atoms with Crippen molar-refractivity contribution in [3.8, 4) is 0 Å². The zero-order chi connectivity index (χ0) is 14.8. The number of nitrogens with one attached hydrogen (secondary N) is 1.